The van der Waals surface area contributed by atoms with Gasteiger partial charge in [-0.05, 0) is 36.4 Å². The van der Waals surface area contributed by atoms with Gasteiger partial charge in [-0.25, -0.2) is 0 Å². The fraction of sp³-hybridized carbons (Fsp3) is 0.250. The van der Waals surface area contributed by atoms with E-state index < -0.39 is 0 Å². The number of thioether (sulfide) groups is 1. The van der Waals surface area contributed by atoms with E-state index in [0.717, 1.165) is 27.2 Å². The summed E-state index contributed by atoms with van der Waals surface area (Å²) >= 11 is 13.9. The molecule has 4 heteroatoms. The van der Waals surface area contributed by atoms with Crippen LogP contribution in [0.25, 0.3) is 0 Å². The van der Waals surface area contributed by atoms with Crippen LogP contribution in [0.3, 0.4) is 0 Å². The van der Waals surface area contributed by atoms with Crippen LogP contribution in [0.4, 0.5) is 0 Å². The molecule has 0 saturated carbocycles. The highest BCUT2D eigenvalue weighted by atomic mass is 35.5. The van der Waals surface area contributed by atoms with Gasteiger partial charge in [0, 0.05) is 21.7 Å². The summed E-state index contributed by atoms with van der Waals surface area (Å²) in [6.45, 7) is 3.04. The number of halogens is 2. The molecule has 0 radical (unpaired) electrons. The molecular weight excluding hydrogens is 309 g/mol. The van der Waals surface area contributed by atoms with E-state index in [1.807, 2.05) is 30.3 Å². The molecule has 0 spiro atoms. The zero-order valence-corrected chi connectivity index (χ0v) is 13.6. The van der Waals surface area contributed by atoms with Crippen molar-refractivity contribution in [2.75, 3.05) is 12.3 Å². The summed E-state index contributed by atoms with van der Waals surface area (Å²) in [5.41, 5.74) is 1.25. The third-order valence-electron chi connectivity index (χ3n) is 2.97. The number of hydrogen-bond donors (Lipinski definition) is 1. The van der Waals surface area contributed by atoms with Crippen LogP contribution in [0.1, 0.15) is 18.5 Å². The molecule has 106 valence electrons. The van der Waals surface area contributed by atoms with Crippen molar-refractivity contribution in [3.05, 3.63) is 64.1 Å². The third-order valence-corrected chi connectivity index (χ3v) is 4.83. The molecule has 0 amide bonds. The van der Waals surface area contributed by atoms with E-state index in [1.165, 1.54) is 5.56 Å². The first-order valence-electron chi connectivity index (χ1n) is 6.57. The molecule has 20 heavy (non-hydrogen) atoms. The molecule has 0 aliphatic heterocycles. The molecule has 0 saturated heterocycles. The SMILES string of the molecule is CCNC(CSc1ccccc1Cl)c1ccc(Cl)cc1. The molecule has 0 fully saturated rings. The first kappa shape index (κ1) is 15.7. The van der Waals surface area contributed by atoms with Crippen LogP contribution < -0.4 is 5.32 Å². The van der Waals surface area contributed by atoms with Gasteiger partial charge in [0.15, 0.2) is 0 Å². The number of rotatable bonds is 6. The van der Waals surface area contributed by atoms with Gasteiger partial charge in [0.25, 0.3) is 0 Å². The number of benzene rings is 2. The first-order chi connectivity index (χ1) is 9.70. The van der Waals surface area contributed by atoms with E-state index in [4.69, 9.17) is 23.2 Å². The van der Waals surface area contributed by atoms with Crippen LogP contribution in [0.15, 0.2) is 53.4 Å². The highest BCUT2D eigenvalue weighted by Gasteiger charge is 2.11. The molecule has 0 heterocycles. The predicted octanol–water partition coefficient (Wildman–Crippen LogP) is 5.44. The largest absolute Gasteiger partial charge is 0.309 e. The van der Waals surface area contributed by atoms with Gasteiger partial charge in [0.1, 0.15) is 0 Å². The first-order valence-corrected chi connectivity index (χ1v) is 8.31. The molecule has 0 aromatic heterocycles. The van der Waals surface area contributed by atoms with Crippen molar-refractivity contribution >= 4 is 35.0 Å². The van der Waals surface area contributed by atoms with Crippen molar-refractivity contribution in [2.24, 2.45) is 0 Å². The Morgan fingerprint density at radius 3 is 2.40 bits per heavy atom. The molecule has 0 aliphatic rings. The van der Waals surface area contributed by atoms with Gasteiger partial charge in [-0.3, -0.25) is 0 Å². The standard InChI is InChI=1S/C16H17Cl2NS/c1-2-19-15(12-7-9-13(17)10-8-12)11-20-16-6-4-3-5-14(16)18/h3-10,15,19H,2,11H2,1H3. The fourth-order valence-corrected chi connectivity index (χ4v) is 3.41. The molecule has 2 aromatic rings. The zero-order chi connectivity index (χ0) is 14.4. The van der Waals surface area contributed by atoms with Crippen LogP contribution in [0, 0.1) is 0 Å². The van der Waals surface area contributed by atoms with E-state index in [1.54, 1.807) is 11.8 Å². The monoisotopic (exact) mass is 325 g/mol. The quantitative estimate of drug-likeness (QED) is 0.710. The van der Waals surface area contributed by atoms with E-state index >= 15 is 0 Å². The Kier molecular flexibility index (Phi) is 6.24. The van der Waals surface area contributed by atoms with Gasteiger partial charge < -0.3 is 5.32 Å². The summed E-state index contributed by atoms with van der Waals surface area (Å²) in [4.78, 5) is 1.12. The van der Waals surface area contributed by atoms with Crippen molar-refractivity contribution in [1.82, 2.24) is 5.32 Å². The average molecular weight is 326 g/mol. The lowest BCUT2D eigenvalue weighted by molar-refractivity contribution is 0.606. The van der Waals surface area contributed by atoms with Crippen molar-refractivity contribution in [3.8, 4) is 0 Å². The Labute approximate surface area is 134 Å². The second kappa shape index (κ2) is 7.94. The Balaban J connectivity index is 2.06. The third kappa shape index (κ3) is 4.42. The predicted molar refractivity (Wildman–Crippen MR) is 90.0 cm³/mol. The molecule has 0 bridgehead atoms. The minimum Gasteiger partial charge on any atom is -0.309 e. The van der Waals surface area contributed by atoms with Crippen LogP contribution in [-0.2, 0) is 0 Å². The van der Waals surface area contributed by atoms with Gasteiger partial charge >= 0.3 is 0 Å². The van der Waals surface area contributed by atoms with Crippen molar-refractivity contribution in [3.63, 3.8) is 0 Å². The van der Waals surface area contributed by atoms with Gasteiger partial charge in [0.05, 0.1) is 5.02 Å². The lowest BCUT2D eigenvalue weighted by atomic mass is 10.1. The van der Waals surface area contributed by atoms with Crippen molar-refractivity contribution in [2.45, 2.75) is 17.9 Å². The maximum Gasteiger partial charge on any atom is 0.0541 e. The maximum atomic E-state index is 6.19. The summed E-state index contributed by atoms with van der Waals surface area (Å²) < 4.78 is 0. The maximum absolute atomic E-state index is 6.19. The lowest BCUT2D eigenvalue weighted by Gasteiger charge is -2.18. The Morgan fingerprint density at radius 2 is 1.75 bits per heavy atom. The molecule has 0 aliphatic carbocycles. The second-order valence-electron chi connectivity index (χ2n) is 4.40. The highest BCUT2D eigenvalue weighted by Crippen LogP contribution is 2.30. The van der Waals surface area contributed by atoms with E-state index in [2.05, 4.69) is 30.4 Å². The molecule has 1 atom stereocenters. The summed E-state index contributed by atoms with van der Waals surface area (Å²) in [6.07, 6.45) is 0. The molecule has 2 aromatic carbocycles. The normalized spacial score (nSPS) is 12.3. The van der Waals surface area contributed by atoms with Gasteiger partial charge in [0.2, 0.25) is 0 Å². The number of hydrogen-bond acceptors (Lipinski definition) is 2. The van der Waals surface area contributed by atoms with Gasteiger partial charge in [-0.1, -0.05) is 54.4 Å². The van der Waals surface area contributed by atoms with Crippen LogP contribution >= 0.6 is 35.0 Å². The van der Waals surface area contributed by atoms with E-state index in [9.17, 15) is 0 Å². The Bertz CT molecular complexity index is 542. The fourth-order valence-electron chi connectivity index (χ4n) is 1.95. The Morgan fingerprint density at radius 1 is 1.05 bits per heavy atom. The average Bonchev–Trinajstić information content (AvgIpc) is 2.46. The van der Waals surface area contributed by atoms with E-state index in [0.29, 0.717) is 6.04 Å². The van der Waals surface area contributed by atoms with Crippen LogP contribution in [0.5, 0.6) is 0 Å². The van der Waals surface area contributed by atoms with Gasteiger partial charge in [-0.15, -0.1) is 11.8 Å². The van der Waals surface area contributed by atoms with E-state index in [-0.39, 0.29) is 0 Å². The van der Waals surface area contributed by atoms with Crippen LogP contribution in [-0.4, -0.2) is 12.3 Å². The summed E-state index contributed by atoms with van der Waals surface area (Å²) in [7, 11) is 0. The molecule has 1 N–H and O–H groups in total. The van der Waals surface area contributed by atoms with Crippen molar-refractivity contribution < 1.29 is 0 Å². The highest BCUT2D eigenvalue weighted by molar-refractivity contribution is 7.99. The topological polar surface area (TPSA) is 12.0 Å². The lowest BCUT2D eigenvalue weighted by Crippen LogP contribution is -2.22. The molecule has 2 rings (SSSR count). The summed E-state index contributed by atoms with van der Waals surface area (Å²) in [5.74, 6) is 0.930. The second-order valence-corrected chi connectivity index (χ2v) is 6.31. The van der Waals surface area contributed by atoms with Crippen LogP contribution in [0.2, 0.25) is 10.0 Å². The molecular formula is C16H17Cl2NS. The zero-order valence-electron chi connectivity index (χ0n) is 11.3. The van der Waals surface area contributed by atoms with Gasteiger partial charge in [-0.2, -0.15) is 0 Å². The van der Waals surface area contributed by atoms with Crippen molar-refractivity contribution in [1.29, 1.82) is 0 Å². The molecule has 1 unspecified atom stereocenters. The minimum atomic E-state index is 0.290. The minimum absolute atomic E-state index is 0.290. The smallest absolute Gasteiger partial charge is 0.0541 e. The molecule has 1 nitrogen and oxygen atoms in total. The summed E-state index contributed by atoms with van der Waals surface area (Å²) in [5, 5.41) is 5.08. The number of nitrogens with one attached hydrogen (secondary N) is 1. The Hall–Kier alpha value is -0.670. The summed E-state index contributed by atoms with van der Waals surface area (Å²) in [6, 6.07) is 16.2.